The molecule has 0 atom stereocenters. The highest BCUT2D eigenvalue weighted by atomic mass is 19.4. The zero-order valence-corrected chi connectivity index (χ0v) is 5.38. The fourth-order valence-electron chi connectivity index (χ4n) is 0.279. The Morgan fingerprint density at radius 1 is 1.17 bits per heavy atom. The van der Waals surface area contributed by atoms with Crippen LogP contribution >= 0.6 is 0 Å². The first-order chi connectivity index (χ1) is 5.20. The van der Waals surface area contributed by atoms with Gasteiger partial charge >= 0.3 is 12.2 Å². The van der Waals surface area contributed by atoms with Gasteiger partial charge in [-0.2, -0.15) is 22.0 Å². The van der Waals surface area contributed by atoms with Crippen molar-refractivity contribution in [2.45, 2.75) is 12.2 Å². The lowest BCUT2D eigenvalue weighted by atomic mass is 10.5. The van der Waals surface area contributed by atoms with Crippen LogP contribution < -0.4 is 5.32 Å². The van der Waals surface area contributed by atoms with Crippen molar-refractivity contribution in [2.75, 3.05) is 6.67 Å². The van der Waals surface area contributed by atoms with Crippen LogP contribution in [0, 0.1) is 0 Å². The number of carbonyl (C=O) groups excluding carboxylic acids is 1. The summed E-state index contributed by atoms with van der Waals surface area (Å²) in [5, 5.41) is 0.174. The minimum absolute atomic E-state index is 0.174. The van der Waals surface area contributed by atoms with Crippen LogP contribution in [-0.4, -0.2) is 24.8 Å². The van der Waals surface area contributed by atoms with Gasteiger partial charge < -0.3 is 0 Å². The van der Waals surface area contributed by atoms with Gasteiger partial charge in [0.1, 0.15) is 0 Å². The molecule has 0 aliphatic rings. The van der Waals surface area contributed by atoms with Gasteiger partial charge in [0, 0.05) is 0 Å². The van der Waals surface area contributed by atoms with E-state index in [1.54, 1.807) is 0 Å². The van der Waals surface area contributed by atoms with E-state index in [-0.39, 0.29) is 5.32 Å². The minimum atomic E-state index is -5.90. The summed E-state index contributed by atoms with van der Waals surface area (Å²) in [5.74, 6) is -2.02. The summed E-state index contributed by atoms with van der Waals surface area (Å²) >= 11 is 0. The van der Waals surface area contributed by atoms with Gasteiger partial charge in [-0.15, -0.1) is 0 Å². The Kier molecular flexibility index (Phi) is 2.94. The van der Waals surface area contributed by atoms with Gasteiger partial charge in [-0.1, -0.05) is 0 Å². The molecule has 0 radical (unpaired) electrons. The molecule has 0 rings (SSSR count). The second-order valence-corrected chi connectivity index (χ2v) is 1.75. The second-order valence-electron chi connectivity index (χ2n) is 1.75. The Labute approximate surface area is 62.5 Å². The molecule has 0 spiro atoms. The van der Waals surface area contributed by atoms with Crippen molar-refractivity contribution in [1.29, 1.82) is 0 Å². The van der Waals surface area contributed by atoms with Crippen molar-refractivity contribution in [3.63, 3.8) is 0 Å². The molecule has 0 aliphatic carbocycles. The van der Waals surface area contributed by atoms with E-state index in [2.05, 4.69) is 0 Å². The third-order valence-electron chi connectivity index (χ3n) is 0.774. The smallest absolute Gasteiger partial charge is 0.287 e. The molecule has 0 saturated heterocycles. The molecule has 0 aliphatic heterocycles. The van der Waals surface area contributed by atoms with E-state index in [0.717, 1.165) is 0 Å². The summed E-state index contributed by atoms with van der Waals surface area (Å²) in [5.41, 5.74) is 0. The van der Waals surface area contributed by atoms with Crippen molar-refractivity contribution in [3.8, 4) is 0 Å². The molecule has 0 bridgehead atoms. The Morgan fingerprint density at radius 2 is 1.58 bits per heavy atom. The highest BCUT2D eigenvalue weighted by molar-refractivity contribution is 5.77. The lowest BCUT2D eigenvalue weighted by Crippen LogP contribution is -2.52. The van der Waals surface area contributed by atoms with E-state index in [0.29, 0.717) is 0 Å². The Morgan fingerprint density at radius 3 is 1.83 bits per heavy atom. The molecule has 2 nitrogen and oxygen atoms in total. The lowest BCUT2D eigenvalue weighted by molar-refractivity contribution is -0.292. The first-order valence-corrected chi connectivity index (χ1v) is 2.52. The predicted octanol–water partition coefficient (Wildman–Crippen LogP) is 1.23. The van der Waals surface area contributed by atoms with Crippen molar-refractivity contribution >= 4 is 5.91 Å². The van der Waals surface area contributed by atoms with Gasteiger partial charge in [0.15, 0.2) is 6.67 Å². The molecule has 8 heteroatoms. The molecule has 0 heterocycles. The normalized spacial score (nSPS) is 12.8. The molecular formula is C4H3F6NO. The summed E-state index contributed by atoms with van der Waals surface area (Å²) in [6, 6.07) is -5.38. The number of halogens is 6. The van der Waals surface area contributed by atoms with E-state index in [1.165, 1.54) is 0 Å². The monoisotopic (exact) mass is 195 g/mol. The van der Waals surface area contributed by atoms with E-state index in [9.17, 15) is 31.1 Å². The number of alkyl halides is 6. The third-order valence-corrected chi connectivity index (χ3v) is 0.774. The van der Waals surface area contributed by atoms with Gasteiger partial charge in [0.25, 0.3) is 5.91 Å². The number of hydrogen-bond donors (Lipinski definition) is 1. The Balaban J connectivity index is 4.33. The molecule has 0 aromatic heterocycles. The van der Waals surface area contributed by atoms with Crippen LogP contribution in [0.25, 0.3) is 0 Å². The lowest BCUT2D eigenvalue weighted by Gasteiger charge is -2.19. The average Bonchev–Trinajstić information content (AvgIpc) is 1.84. The van der Waals surface area contributed by atoms with Crippen molar-refractivity contribution in [1.82, 2.24) is 5.32 Å². The molecule has 0 saturated carbocycles. The second kappa shape index (κ2) is 3.20. The average molecular weight is 195 g/mol. The van der Waals surface area contributed by atoms with E-state index in [1.807, 2.05) is 0 Å². The highest BCUT2D eigenvalue weighted by Crippen LogP contribution is 2.32. The molecule has 0 unspecified atom stereocenters. The quantitative estimate of drug-likeness (QED) is 0.521. The molecule has 1 N–H and O–H groups in total. The third kappa shape index (κ3) is 2.59. The van der Waals surface area contributed by atoms with Gasteiger partial charge in [-0.3, -0.25) is 10.1 Å². The van der Waals surface area contributed by atoms with Crippen LogP contribution in [-0.2, 0) is 4.79 Å². The number of carbonyl (C=O) groups is 1. The van der Waals surface area contributed by atoms with E-state index in [4.69, 9.17) is 0 Å². The molecule has 12 heavy (non-hydrogen) atoms. The fraction of sp³-hybridized carbons (Fsp3) is 0.750. The summed E-state index contributed by atoms with van der Waals surface area (Å²) in [4.78, 5) is 9.81. The summed E-state index contributed by atoms with van der Waals surface area (Å²) in [6.07, 6.45) is -5.90. The zero-order chi connectivity index (χ0) is 9.99. The highest BCUT2D eigenvalue weighted by Gasteiger charge is 2.58. The fourth-order valence-corrected chi connectivity index (χ4v) is 0.279. The molecule has 0 aromatic carbocycles. The standard InChI is InChI=1S/C4H3F6NO/c5-1-2(12)11-4(9,10)3(6,7)8/h1H2,(H,11,12). The number of rotatable bonds is 2. The van der Waals surface area contributed by atoms with Gasteiger partial charge in [0.05, 0.1) is 0 Å². The molecule has 0 fully saturated rings. The largest absolute Gasteiger partial charge is 0.475 e. The number of amides is 1. The maximum absolute atomic E-state index is 11.7. The van der Waals surface area contributed by atoms with Crippen LogP contribution in [0.3, 0.4) is 0 Å². The van der Waals surface area contributed by atoms with Crippen LogP contribution in [0.5, 0.6) is 0 Å². The molecule has 72 valence electrons. The molecular weight excluding hydrogens is 192 g/mol. The first-order valence-electron chi connectivity index (χ1n) is 2.52. The van der Waals surface area contributed by atoms with Crippen LogP contribution in [0.4, 0.5) is 26.3 Å². The maximum Gasteiger partial charge on any atom is 0.475 e. The van der Waals surface area contributed by atoms with Gasteiger partial charge in [0.2, 0.25) is 0 Å². The van der Waals surface area contributed by atoms with Crippen LogP contribution in [0.1, 0.15) is 0 Å². The maximum atomic E-state index is 11.7. The summed E-state index contributed by atoms with van der Waals surface area (Å²) in [6.45, 7) is -1.92. The summed E-state index contributed by atoms with van der Waals surface area (Å²) < 4.78 is 68.4. The van der Waals surface area contributed by atoms with E-state index >= 15 is 0 Å². The van der Waals surface area contributed by atoms with Crippen LogP contribution in [0.2, 0.25) is 0 Å². The molecule has 0 aromatic rings. The van der Waals surface area contributed by atoms with Crippen molar-refractivity contribution < 1.29 is 31.1 Å². The SMILES string of the molecule is O=C(CF)NC(F)(F)C(F)(F)F. The van der Waals surface area contributed by atoms with E-state index < -0.39 is 24.8 Å². The summed E-state index contributed by atoms with van der Waals surface area (Å²) in [7, 11) is 0. The number of hydrogen-bond acceptors (Lipinski definition) is 1. The predicted molar refractivity (Wildman–Crippen MR) is 25.1 cm³/mol. The Hall–Kier alpha value is -0.950. The number of nitrogens with one attached hydrogen (secondary N) is 1. The first kappa shape index (κ1) is 11.0. The topological polar surface area (TPSA) is 29.1 Å². The van der Waals surface area contributed by atoms with Gasteiger partial charge in [-0.25, -0.2) is 4.39 Å². The van der Waals surface area contributed by atoms with Crippen molar-refractivity contribution in [3.05, 3.63) is 0 Å². The minimum Gasteiger partial charge on any atom is -0.287 e. The van der Waals surface area contributed by atoms with Crippen molar-refractivity contribution in [2.24, 2.45) is 0 Å². The van der Waals surface area contributed by atoms with Gasteiger partial charge in [-0.05, 0) is 0 Å². The van der Waals surface area contributed by atoms with Crippen LogP contribution in [0.15, 0.2) is 0 Å². The molecule has 1 amide bonds. The Bertz CT molecular complexity index is 175. The zero-order valence-electron chi connectivity index (χ0n) is 5.38.